The van der Waals surface area contributed by atoms with Crippen LogP contribution in [0, 0.1) is 5.41 Å². The Morgan fingerprint density at radius 2 is 2.53 bits per heavy atom. The topological polar surface area (TPSA) is 67.1 Å². The highest BCUT2D eigenvalue weighted by atomic mass is 15.3. The molecule has 2 aliphatic rings. The fraction of sp³-hybridized carbons (Fsp3) is 0.667. The van der Waals surface area contributed by atoms with Crippen LogP contribution in [0.15, 0.2) is 12.3 Å². The Bertz CT molecular complexity index is 421. The standard InChI is InChI=1S/C12H19N5/c1-14-7-12-4-2-9(6-12)17(8-12)11-15-5-3-10(13)16-11/h3,5,9,14H,2,4,6-8H2,1H3,(H2,13,15,16). The second-order valence-corrected chi connectivity index (χ2v) is 5.34. The third kappa shape index (κ3) is 1.74. The van der Waals surface area contributed by atoms with Crippen molar-refractivity contribution in [3.05, 3.63) is 12.3 Å². The Morgan fingerprint density at radius 1 is 1.65 bits per heavy atom. The van der Waals surface area contributed by atoms with Crippen molar-refractivity contribution in [3.8, 4) is 0 Å². The van der Waals surface area contributed by atoms with Crippen molar-refractivity contribution >= 4 is 11.8 Å². The molecule has 1 aromatic rings. The van der Waals surface area contributed by atoms with E-state index in [1.807, 2.05) is 7.05 Å². The van der Waals surface area contributed by atoms with Gasteiger partial charge in [-0.15, -0.1) is 0 Å². The lowest BCUT2D eigenvalue weighted by atomic mass is 9.87. The SMILES string of the molecule is CNCC12CCC(C1)N(c1nccc(N)n1)C2. The van der Waals surface area contributed by atoms with Crippen molar-refractivity contribution in [2.75, 3.05) is 30.8 Å². The normalized spacial score (nSPS) is 31.1. The van der Waals surface area contributed by atoms with Crippen LogP contribution in [0.1, 0.15) is 19.3 Å². The lowest BCUT2D eigenvalue weighted by Gasteiger charge is -2.32. The van der Waals surface area contributed by atoms with E-state index in [-0.39, 0.29) is 0 Å². The first kappa shape index (κ1) is 10.8. The molecule has 2 atom stereocenters. The van der Waals surface area contributed by atoms with Gasteiger partial charge in [0.2, 0.25) is 5.95 Å². The van der Waals surface area contributed by atoms with Crippen LogP contribution in [0.5, 0.6) is 0 Å². The van der Waals surface area contributed by atoms with Gasteiger partial charge in [0.05, 0.1) is 0 Å². The van der Waals surface area contributed by atoms with Crippen LogP contribution in [-0.2, 0) is 0 Å². The van der Waals surface area contributed by atoms with E-state index < -0.39 is 0 Å². The van der Waals surface area contributed by atoms with Gasteiger partial charge < -0.3 is 16.0 Å². The number of hydrogen-bond acceptors (Lipinski definition) is 5. The minimum Gasteiger partial charge on any atom is -0.384 e. The summed E-state index contributed by atoms with van der Waals surface area (Å²) in [5.74, 6) is 1.35. The molecule has 5 nitrogen and oxygen atoms in total. The Labute approximate surface area is 101 Å². The zero-order chi connectivity index (χ0) is 11.9. The quantitative estimate of drug-likeness (QED) is 0.802. The van der Waals surface area contributed by atoms with Gasteiger partial charge in [0.25, 0.3) is 0 Å². The van der Waals surface area contributed by atoms with Crippen molar-refractivity contribution in [1.29, 1.82) is 0 Å². The van der Waals surface area contributed by atoms with Crippen LogP contribution in [0.4, 0.5) is 11.8 Å². The van der Waals surface area contributed by atoms with Gasteiger partial charge in [-0.1, -0.05) is 0 Å². The van der Waals surface area contributed by atoms with Crippen molar-refractivity contribution in [2.45, 2.75) is 25.3 Å². The number of hydrogen-bond donors (Lipinski definition) is 2. The number of fused-ring (bicyclic) bond motifs is 2. The molecule has 5 heteroatoms. The van der Waals surface area contributed by atoms with Gasteiger partial charge >= 0.3 is 0 Å². The number of nitrogens with one attached hydrogen (secondary N) is 1. The Kier molecular flexibility index (Phi) is 2.43. The van der Waals surface area contributed by atoms with E-state index in [0.717, 1.165) is 19.0 Å². The zero-order valence-corrected chi connectivity index (χ0v) is 10.2. The van der Waals surface area contributed by atoms with Crippen molar-refractivity contribution < 1.29 is 0 Å². The average Bonchev–Trinajstić information content (AvgIpc) is 2.87. The predicted octanol–water partition coefficient (Wildman–Crippen LogP) is 0.637. The van der Waals surface area contributed by atoms with Gasteiger partial charge in [0.1, 0.15) is 5.82 Å². The minimum atomic E-state index is 0.424. The summed E-state index contributed by atoms with van der Waals surface area (Å²) in [6.07, 6.45) is 5.57. The van der Waals surface area contributed by atoms with Gasteiger partial charge in [0, 0.05) is 30.7 Å². The summed E-state index contributed by atoms with van der Waals surface area (Å²) in [4.78, 5) is 11.0. The summed E-state index contributed by atoms with van der Waals surface area (Å²) in [6.45, 7) is 2.14. The molecule has 92 valence electrons. The molecule has 0 amide bonds. The number of rotatable bonds is 3. The summed E-state index contributed by atoms with van der Waals surface area (Å²) < 4.78 is 0. The van der Waals surface area contributed by atoms with E-state index in [2.05, 4.69) is 20.2 Å². The summed E-state index contributed by atoms with van der Waals surface area (Å²) in [5.41, 5.74) is 6.15. The summed E-state index contributed by atoms with van der Waals surface area (Å²) in [7, 11) is 2.03. The van der Waals surface area contributed by atoms with Gasteiger partial charge in [-0.3, -0.25) is 0 Å². The fourth-order valence-corrected chi connectivity index (χ4v) is 3.40. The van der Waals surface area contributed by atoms with E-state index in [1.165, 1.54) is 19.3 Å². The van der Waals surface area contributed by atoms with Crippen LogP contribution >= 0.6 is 0 Å². The average molecular weight is 233 g/mol. The summed E-state index contributed by atoms with van der Waals surface area (Å²) in [6, 6.07) is 2.34. The van der Waals surface area contributed by atoms with E-state index in [1.54, 1.807) is 12.3 Å². The first-order valence-corrected chi connectivity index (χ1v) is 6.22. The molecule has 1 saturated heterocycles. The van der Waals surface area contributed by atoms with Crippen LogP contribution < -0.4 is 16.0 Å². The van der Waals surface area contributed by atoms with E-state index in [0.29, 0.717) is 17.3 Å². The first-order valence-electron chi connectivity index (χ1n) is 6.22. The fourth-order valence-electron chi connectivity index (χ4n) is 3.40. The largest absolute Gasteiger partial charge is 0.384 e. The molecule has 0 spiro atoms. The number of nitrogen functional groups attached to an aromatic ring is 1. The Morgan fingerprint density at radius 3 is 3.29 bits per heavy atom. The highest BCUT2D eigenvalue weighted by Crippen LogP contribution is 2.48. The van der Waals surface area contributed by atoms with Crippen LogP contribution in [-0.4, -0.2) is 36.1 Å². The molecule has 17 heavy (non-hydrogen) atoms. The molecule has 2 heterocycles. The molecular formula is C12H19N5. The second kappa shape index (κ2) is 3.84. The maximum Gasteiger partial charge on any atom is 0.227 e. The molecule has 3 rings (SSSR count). The van der Waals surface area contributed by atoms with Crippen LogP contribution in [0.3, 0.4) is 0 Å². The highest BCUT2D eigenvalue weighted by molar-refractivity contribution is 5.42. The first-order chi connectivity index (χ1) is 8.22. The van der Waals surface area contributed by atoms with E-state index in [4.69, 9.17) is 5.73 Å². The maximum absolute atomic E-state index is 5.73. The molecule has 2 bridgehead atoms. The molecule has 0 aromatic carbocycles. The Hall–Kier alpha value is -1.36. The zero-order valence-electron chi connectivity index (χ0n) is 10.2. The summed E-state index contributed by atoms with van der Waals surface area (Å²) in [5, 5.41) is 3.32. The number of aromatic nitrogens is 2. The molecule has 1 aliphatic heterocycles. The molecule has 1 aliphatic carbocycles. The second-order valence-electron chi connectivity index (χ2n) is 5.34. The lowest BCUT2D eigenvalue weighted by molar-refractivity contribution is 0.317. The summed E-state index contributed by atoms with van der Waals surface area (Å²) >= 11 is 0. The Balaban J connectivity index is 1.83. The number of nitrogens with two attached hydrogens (primary N) is 1. The third-order valence-electron chi connectivity index (χ3n) is 4.10. The molecule has 1 aromatic heterocycles. The van der Waals surface area contributed by atoms with Gasteiger partial charge in [-0.25, -0.2) is 4.98 Å². The van der Waals surface area contributed by atoms with Crippen molar-refractivity contribution in [1.82, 2.24) is 15.3 Å². The van der Waals surface area contributed by atoms with Gasteiger partial charge in [-0.05, 0) is 32.4 Å². The smallest absolute Gasteiger partial charge is 0.227 e. The minimum absolute atomic E-state index is 0.424. The van der Waals surface area contributed by atoms with E-state index in [9.17, 15) is 0 Å². The molecule has 2 unspecified atom stereocenters. The lowest BCUT2D eigenvalue weighted by Crippen LogP contribution is -2.40. The molecule has 2 fully saturated rings. The molecule has 1 saturated carbocycles. The predicted molar refractivity (Wildman–Crippen MR) is 67.8 cm³/mol. The molecule has 3 N–H and O–H groups in total. The maximum atomic E-state index is 5.73. The van der Waals surface area contributed by atoms with Crippen LogP contribution in [0.25, 0.3) is 0 Å². The molecular weight excluding hydrogens is 214 g/mol. The monoisotopic (exact) mass is 233 g/mol. The highest BCUT2D eigenvalue weighted by Gasteiger charge is 2.49. The number of piperidine rings is 1. The molecule has 0 radical (unpaired) electrons. The van der Waals surface area contributed by atoms with Crippen LogP contribution in [0.2, 0.25) is 0 Å². The van der Waals surface area contributed by atoms with Gasteiger partial charge in [-0.2, -0.15) is 4.98 Å². The third-order valence-corrected chi connectivity index (χ3v) is 4.10. The van der Waals surface area contributed by atoms with Gasteiger partial charge in [0.15, 0.2) is 0 Å². The number of nitrogens with zero attached hydrogens (tertiary/aromatic N) is 3. The van der Waals surface area contributed by atoms with Crippen molar-refractivity contribution in [3.63, 3.8) is 0 Å². The van der Waals surface area contributed by atoms with Crippen molar-refractivity contribution in [2.24, 2.45) is 5.41 Å². The van der Waals surface area contributed by atoms with E-state index >= 15 is 0 Å². The number of anilines is 2.